The molecule has 1 aromatic rings. The second-order valence-electron chi connectivity index (χ2n) is 2.21. The lowest BCUT2D eigenvalue weighted by atomic mass is 10.2. The van der Waals surface area contributed by atoms with Crippen molar-refractivity contribution in [3.05, 3.63) is 22.9 Å². The first-order valence-electron chi connectivity index (χ1n) is 3.09. The van der Waals surface area contributed by atoms with Crippen molar-refractivity contribution in [2.24, 2.45) is 7.05 Å². The summed E-state index contributed by atoms with van der Waals surface area (Å²) in [7, 11) is 1.86. The van der Waals surface area contributed by atoms with Crippen molar-refractivity contribution in [3.63, 3.8) is 0 Å². The van der Waals surface area contributed by atoms with Crippen molar-refractivity contribution in [2.45, 2.75) is 0 Å². The molecule has 0 aliphatic rings. The van der Waals surface area contributed by atoms with E-state index in [0.29, 0.717) is 5.88 Å². The van der Waals surface area contributed by atoms with Crippen LogP contribution in [0.25, 0.3) is 5.57 Å². The van der Waals surface area contributed by atoms with Crippen LogP contribution in [-0.2, 0) is 7.05 Å². The smallest absolute Gasteiger partial charge is 0.128 e. The number of hydrogen-bond donors (Lipinski definition) is 0. The normalized spacial score (nSPS) is 10.1. The Kier molecular flexibility index (Phi) is 2.73. The Hall–Kier alpha value is -0.280. The average Bonchev–Trinajstić information content (AvgIpc) is 2.28. The lowest BCUT2D eigenvalue weighted by Gasteiger charge is -1.99. The number of aryl methyl sites for hydroxylation is 1. The second-order valence-corrected chi connectivity index (χ2v) is 3.29. The van der Waals surface area contributed by atoms with Gasteiger partial charge in [0.05, 0.1) is 5.69 Å². The third kappa shape index (κ3) is 1.84. The van der Waals surface area contributed by atoms with Gasteiger partial charge in [0, 0.05) is 12.9 Å². The fourth-order valence-corrected chi connectivity index (χ4v) is 1.42. The Balaban J connectivity index is 3.03. The summed E-state index contributed by atoms with van der Waals surface area (Å²) in [6, 6.07) is 1.89. The largest absolute Gasteiger partial charge is 0.267 e. The number of aromatic nitrogens is 2. The molecule has 1 heterocycles. The number of hydrogen-bond acceptors (Lipinski definition) is 1. The molecule has 0 aliphatic heterocycles. The summed E-state index contributed by atoms with van der Waals surface area (Å²) in [5, 5.41) is 4.09. The van der Waals surface area contributed by atoms with E-state index in [4.69, 9.17) is 11.6 Å². The molecule has 0 unspecified atom stereocenters. The van der Waals surface area contributed by atoms with Crippen molar-refractivity contribution in [1.82, 2.24) is 9.78 Å². The summed E-state index contributed by atoms with van der Waals surface area (Å²) in [6.45, 7) is 3.80. The molecule has 0 spiro atoms. The van der Waals surface area contributed by atoms with Crippen molar-refractivity contribution in [3.8, 4) is 0 Å². The monoisotopic (exact) mass is 234 g/mol. The molecule has 2 nitrogen and oxygen atoms in total. The van der Waals surface area contributed by atoms with Crippen LogP contribution in [0, 0.1) is 0 Å². The zero-order valence-electron chi connectivity index (χ0n) is 6.14. The molecule has 11 heavy (non-hydrogen) atoms. The summed E-state index contributed by atoms with van der Waals surface area (Å²) < 4.78 is 2.55. The molecule has 0 N–H and O–H groups in total. The van der Waals surface area contributed by atoms with E-state index < -0.39 is 0 Å². The zero-order chi connectivity index (χ0) is 8.43. The lowest BCUT2D eigenvalue weighted by molar-refractivity contribution is 0.749. The first-order valence-corrected chi connectivity index (χ1v) is 4.41. The molecule has 0 saturated heterocycles. The van der Waals surface area contributed by atoms with Crippen LogP contribution in [0.5, 0.6) is 0 Å². The molecular weight excluding hydrogens is 227 g/mol. The molecule has 0 aliphatic carbocycles. The summed E-state index contributed by atoms with van der Waals surface area (Å²) >= 11 is 8.88. The number of rotatable bonds is 2. The summed E-state index contributed by atoms with van der Waals surface area (Å²) in [5.41, 5.74) is 1.85. The van der Waals surface area contributed by atoms with Gasteiger partial charge in [0.25, 0.3) is 0 Å². The molecule has 0 radical (unpaired) electrons. The Labute approximate surface area is 79.0 Å². The fraction of sp³-hybridized carbons (Fsp3) is 0.286. The van der Waals surface area contributed by atoms with E-state index in [1.165, 1.54) is 0 Å². The molecule has 60 valence electrons. The van der Waals surface area contributed by atoms with Gasteiger partial charge in [-0.05, 0) is 27.6 Å². The molecule has 0 amide bonds. The third-order valence-electron chi connectivity index (χ3n) is 1.37. The van der Waals surface area contributed by atoms with Gasteiger partial charge in [-0.25, -0.2) is 0 Å². The van der Waals surface area contributed by atoms with Crippen LogP contribution in [0.2, 0.25) is 0 Å². The first kappa shape index (κ1) is 8.81. The minimum absolute atomic E-state index is 0.436. The van der Waals surface area contributed by atoms with Crippen LogP contribution in [0.1, 0.15) is 5.69 Å². The summed E-state index contributed by atoms with van der Waals surface area (Å²) in [6.07, 6.45) is 0. The average molecular weight is 236 g/mol. The molecule has 0 fully saturated rings. The van der Waals surface area contributed by atoms with Crippen molar-refractivity contribution in [1.29, 1.82) is 0 Å². The number of nitrogens with zero attached hydrogens (tertiary/aromatic N) is 2. The van der Waals surface area contributed by atoms with E-state index in [9.17, 15) is 0 Å². The predicted octanol–water partition coefficient (Wildman–Crippen LogP) is 2.43. The highest BCUT2D eigenvalue weighted by atomic mass is 79.9. The first-order chi connectivity index (χ1) is 5.15. The molecule has 0 atom stereocenters. The fourth-order valence-electron chi connectivity index (χ4n) is 0.832. The second kappa shape index (κ2) is 3.41. The van der Waals surface area contributed by atoms with E-state index in [1.54, 1.807) is 4.68 Å². The van der Waals surface area contributed by atoms with E-state index in [1.807, 2.05) is 13.1 Å². The Morgan fingerprint density at radius 1 is 1.91 bits per heavy atom. The van der Waals surface area contributed by atoms with Crippen LogP contribution in [0.3, 0.4) is 0 Å². The van der Waals surface area contributed by atoms with E-state index in [0.717, 1.165) is 15.9 Å². The summed E-state index contributed by atoms with van der Waals surface area (Å²) in [5.74, 6) is 0.436. The van der Waals surface area contributed by atoms with Crippen LogP contribution in [-0.4, -0.2) is 15.7 Å². The maximum atomic E-state index is 5.61. The molecular formula is C7H8BrClN2. The topological polar surface area (TPSA) is 17.8 Å². The van der Waals surface area contributed by atoms with Crippen LogP contribution in [0.4, 0.5) is 0 Å². The maximum Gasteiger partial charge on any atom is 0.128 e. The molecule has 0 bridgehead atoms. The lowest BCUT2D eigenvalue weighted by Crippen LogP contribution is -1.97. The minimum Gasteiger partial charge on any atom is -0.267 e. The van der Waals surface area contributed by atoms with Crippen LogP contribution in [0.15, 0.2) is 17.2 Å². The molecule has 1 aromatic heterocycles. The van der Waals surface area contributed by atoms with Gasteiger partial charge >= 0.3 is 0 Å². The molecule has 1 rings (SSSR count). The molecule has 0 aromatic carbocycles. The number of alkyl halides is 1. The molecule has 0 saturated carbocycles. The van der Waals surface area contributed by atoms with E-state index >= 15 is 0 Å². The highest BCUT2D eigenvalue weighted by Crippen LogP contribution is 2.17. The minimum atomic E-state index is 0.436. The van der Waals surface area contributed by atoms with Crippen LogP contribution >= 0.6 is 27.5 Å². The van der Waals surface area contributed by atoms with Gasteiger partial charge in [-0.1, -0.05) is 6.58 Å². The maximum absolute atomic E-state index is 5.61. The van der Waals surface area contributed by atoms with Gasteiger partial charge in [0.15, 0.2) is 0 Å². The van der Waals surface area contributed by atoms with Crippen molar-refractivity contribution in [2.75, 3.05) is 5.88 Å². The van der Waals surface area contributed by atoms with Gasteiger partial charge in [-0.15, -0.1) is 11.6 Å². The van der Waals surface area contributed by atoms with Crippen LogP contribution < -0.4 is 0 Å². The van der Waals surface area contributed by atoms with Crippen molar-refractivity contribution < 1.29 is 0 Å². The van der Waals surface area contributed by atoms with Gasteiger partial charge < -0.3 is 0 Å². The van der Waals surface area contributed by atoms with Gasteiger partial charge in [-0.3, -0.25) is 4.68 Å². The van der Waals surface area contributed by atoms with E-state index in [2.05, 4.69) is 27.6 Å². The Bertz CT molecular complexity index is 280. The Morgan fingerprint density at radius 3 is 2.91 bits per heavy atom. The van der Waals surface area contributed by atoms with Gasteiger partial charge in [0.2, 0.25) is 0 Å². The number of allylic oxidation sites excluding steroid dienone is 1. The predicted molar refractivity (Wildman–Crippen MR) is 50.7 cm³/mol. The highest BCUT2D eigenvalue weighted by molar-refractivity contribution is 9.10. The SMILES string of the molecule is C=C(CCl)c1cc(Br)nn1C. The van der Waals surface area contributed by atoms with Gasteiger partial charge in [0.1, 0.15) is 4.60 Å². The van der Waals surface area contributed by atoms with Gasteiger partial charge in [-0.2, -0.15) is 5.10 Å². The van der Waals surface area contributed by atoms with Crippen molar-refractivity contribution >= 4 is 33.1 Å². The third-order valence-corrected chi connectivity index (χ3v) is 2.08. The summed E-state index contributed by atoms with van der Waals surface area (Å²) in [4.78, 5) is 0. The molecule has 4 heteroatoms. The highest BCUT2D eigenvalue weighted by Gasteiger charge is 2.04. The number of halogens is 2. The quantitative estimate of drug-likeness (QED) is 0.720. The zero-order valence-corrected chi connectivity index (χ0v) is 8.48. The van der Waals surface area contributed by atoms with E-state index in [-0.39, 0.29) is 0 Å². The Morgan fingerprint density at radius 2 is 2.55 bits per heavy atom. The standard InChI is InChI=1S/C7H8BrClN2/c1-5(4-9)6-3-7(8)10-11(6)2/h3H,1,4H2,2H3.